The summed E-state index contributed by atoms with van der Waals surface area (Å²) in [4.78, 5) is 53.4. The van der Waals surface area contributed by atoms with Crippen LogP contribution in [0.5, 0.6) is 0 Å². The fourth-order valence-electron chi connectivity index (χ4n) is 5.56. The van der Waals surface area contributed by atoms with Crippen LogP contribution in [-0.4, -0.2) is 98.0 Å². The molecule has 3 atom stereocenters. The largest absolute Gasteiger partial charge is 0.379 e. The first-order chi connectivity index (χ1) is 20.6. The van der Waals surface area contributed by atoms with Gasteiger partial charge in [0.25, 0.3) is 5.92 Å². The number of nitriles is 1. The van der Waals surface area contributed by atoms with Crippen LogP contribution in [0.15, 0.2) is 18.2 Å². The van der Waals surface area contributed by atoms with Crippen molar-refractivity contribution < 1.29 is 37.4 Å². The van der Waals surface area contributed by atoms with Crippen molar-refractivity contribution in [3.05, 3.63) is 34.9 Å². The van der Waals surface area contributed by atoms with E-state index in [2.05, 4.69) is 16.0 Å². The van der Waals surface area contributed by atoms with Gasteiger partial charge in [0.15, 0.2) is 0 Å². The van der Waals surface area contributed by atoms with E-state index >= 15 is 0 Å². The second-order valence-corrected chi connectivity index (χ2v) is 11.0. The summed E-state index contributed by atoms with van der Waals surface area (Å²) >= 11 is 0. The zero-order valence-corrected chi connectivity index (χ0v) is 24.2. The molecule has 0 saturated carbocycles. The van der Waals surface area contributed by atoms with Crippen molar-refractivity contribution in [1.82, 2.24) is 25.8 Å². The molecule has 4 amide bonds. The first-order valence-corrected chi connectivity index (χ1v) is 14.4. The molecule has 1 aromatic carbocycles. The van der Waals surface area contributed by atoms with E-state index in [-0.39, 0.29) is 37.7 Å². The zero-order valence-electron chi connectivity index (χ0n) is 24.2. The average Bonchev–Trinajstić information content (AvgIpc) is 3.67. The Kier molecular flexibility index (Phi) is 11.0. The van der Waals surface area contributed by atoms with Gasteiger partial charge in [-0.15, -0.1) is 0 Å². The summed E-state index contributed by atoms with van der Waals surface area (Å²) in [5.41, 5.74) is 2.77. The molecule has 12 nitrogen and oxygen atoms in total. The number of carbonyl (C=O) groups is 4. The molecule has 0 aliphatic carbocycles. The molecule has 3 aliphatic heterocycles. The van der Waals surface area contributed by atoms with Gasteiger partial charge in [-0.2, -0.15) is 5.26 Å². The number of carbonyl (C=O) groups excluding carboxylic acids is 4. The molecule has 2 fully saturated rings. The Morgan fingerprint density at radius 2 is 1.93 bits per heavy atom. The van der Waals surface area contributed by atoms with E-state index in [9.17, 15) is 33.2 Å². The lowest BCUT2D eigenvalue weighted by Crippen LogP contribution is -2.46. The smallest absolute Gasteiger partial charge is 0.268 e. The van der Waals surface area contributed by atoms with Crippen LogP contribution in [0.1, 0.15) is 42.4 Å². The number of benzene rings is 1. The molecule has 234 valence electrons. The number of rotatable bonds is 14. The average molecular weight is 605 g/mol. The number of likely N-dealkylation sites (tertiary alicyclic amines) is 1. The van der Waals surface area contributed by atoms with Crippen molar-refractivity contribution in [2.75, 3.05) is 46.6 Å². The standard InChI is InChI=1S/C29H38F2N6O6/c1-33-6-8-43-10-9-42-7-5-25(38)34-15-19-3-2-4-20-16-36(17-23(19)20)26(39)12-21-11-24(35-27(21)40)28(41)37-18-29(30,31)13-22(37)14-32/h2-4,21-22,24,33H,5-13,15-18H2,1H3,(H,34,38)(H,35,40)/t21-,22-,24-/m0/s1. The number of fused-ring (bicyclic) bond motifs is 1. The van der Waals surface area contributed by atoms with E-state index in [1.165, 1.54) is 0 Å². The molecule has 0 unspecified atom stereocenters. The highest BCUT2D eigenvalue weighted by Gasteiger charge is 2.50. The van der Waals surface area contributed by atoms with Crippen molar-refractivity contribution in [3.63, 3.8) is 0 Å². The molecule has 0 radical (unpaired) electrons. The number of ether oxygens (including phenoxy) is 2. The van der Waals surface area contributed by atoms with Crippen LogP contribution in [-0.2, 0) is 48.3 Å². The van der Waals surface area contributed by atoms with Gasteiger partial charge >= 0.3 is 0 Å². The molecule has 3 aliphatic rings. The maximum atomic E-state index is 13.8. The zero-order chi connectivity index (χ0) is 31.0. The third-order valence-corrected chi connectivity index (χ3v) is 7.88. The van der Waals surface area contributed by atoms with E-state index in [1.54, 1.807) is 11.0 Å². The summed E-state index contributed by atoms with van der Waals surface area (Å²) in [6.45, 7) is 2.60. The molecule has 3 heterocycles. The Hall–Kier alpha value is -3.67. The summed E-state index contributed by atoms with van der Waals surface area (Å²) in [6.07, 6.45) is -0.663. The maximum Gasteiger partial charge on any atom is 0.268 e. The van der Waals surface area contributed by atoms with Gasteiger partial charge in [0.2, 0.25) is 23.6 Å². The molecular formula is C29H38F2N6O6. The van der Waals surface area contributed by atoms with Gasteiger partial charge in [-0.25, -0.2) is 8.78 Å². The van der Waals surface area contributed by atoms with Crippen LogP contribution in [0.3, 0.4) is 0 Å². The van der Waals surface area contributed by atoms with E-state index in [0.717, 1.165) is 28.1 Å². The van der Waals surface area contributed by atoms with Gasteiger partial charge in [-0.1, -0.05) is 18.2 Å². The van der Waals surface area contributed by atoms with Gasteiger partial charge in [0.1, 0.15) is 12.1 Å². The van der Waals surface area contributed by atoms with Crippen LogP contribution in [0, 0.1) is 17.2 Å². The molecule has 0 aromatic heterocycles. The number of halogens is 2. The predicted molar refractivity (Wildman–Crippen MR) is 148 cm³/mol. The van der Waals surface area contributed by atoms with Crippen molar-refractivity contribution in [2.24, 2.45) is 5.92 Å². The van der Waals surface area contributed by atoms with Crippen molar-refractivity contribution in [2.45, 2.75) is 63.3 Å². The summed E-state index contributed by atoms with van der Waals surface area (Å²) < 4.78 is 38.4. The third-order valence-electron chi connectivity index (χ3n) is 7.88. The Morgan fingerprint density at radius 3 is 2.67 bits per heavy atom. The van der Waals surface area contributed by atoms with E-state index in [1.807, 2.05) is 25.2 Å². The van der Waals surface area contributed by atoms with Crippen molar-refractivity contribution in [3.8, 4) is 6.07 Å². The molecule has 14 heteroatoms. The minimum Gasteiger partial charge on any atom is -0.379 e. The summed E-state index contributed by atoms with van der Waals surface area (Å²) in [6, 6.07) is 5.09. The molecule has 2 saturated heterocycles. The Balaban J connectivity index is 1.22. The molecule has 1 aromatic rings. The number of amides is 4. The third kappa shape index (κ3) is 8.46. The fraction of sp³-hybridized carbons (Fsp3) is 0.621. The van der Waals surface area contributed by atoms with Crippen molar-refractivity contribution >= 4 is 23.6 Å². The number of nitrogens with zero attached hydrogens (tertiary/aromatic N) is 3. The van der Waals surface area contributed by atoms with Crippen LogP contribution < -0.4 is 16.0 Å². The normalized spacial score (nSPS) is 22.3. The maximum absolute atomic E-state index is 13.8. The topological polar surface area (TPSA) is 153 Å². The van der Waals surface area contributed by atoms with Gasteiger partial charge in [-0.3, -0.25) is 19.2 Å². The van der Waals surface area contributed by atoms with E-state index in [4.69, 9.17) is 9.47 Å². The summed E-state index contributed by atoms with van der Waals surface area (Å²) in [7, 11) is 1.84. The van der Waals surface area contributed by atoms with Crippen LogP contribution in [0.4, 0.5) is 8.78 Å². The highest BCUT2D eigenvalue weighted by Crippen LogP contribution is 2.34. The summed E-state index contributed by atoms with van der Waals surface area (Å²) in [5, 5.41) is 17.6. The van der Waals surface area contributed by atoms with Gasteiger partial charge in [-0.05, 0) is 30.2 Å². The number of hydrogen-bond donors (Lipinski definition) is 3. The number of nitrogens with one attached hydrogen (secondary N) is 3. The van der Waals surface area contributed by atoms with Gasteiger partial charge in [0, 0.05) is 51.4 Å². The van der Waals surface area contributed by atoms with Crippen molar-refractivity contribution in [1.29, 1.82) is 5.26 Å². The van der Waals surface area contributed by atoms with Crippen LogP contribution in [0.2, 0.25) is 0 Å². The minimum absolute atomic E-state index is 0.00519. The van der Waals surface area contributed by atoms with Crippen LogP contribution in [0.25, 0.3) is 0 Å². The molecule has 3 N–H and O–H groups in total. The van der Waals surface area contributed by atoms with Crippen LogP contribution >= 0.6 is 0 Å². The lowest BCUT2D eigenvalue weighted by molar-refractivity contribution is -0.135. The summed E-state index contributed by atoms with van der Waals surface area (Å²) in [5.74, 6) is -5.58. The molecule has 4 rings (SSSR count). The number of likely N-dealkylation sites (N-methyl/N-ethyl adjacent to an activating group) is 1. The van der Waals surface area contributed by atoms with Gasteiger partial charge in [0.05, 0.1) is 39.0 Å². The highest BCUT2D eigenvalue weighted by atomic mass is 19.3. The Labute approximate surface area is 249 Å². The highest BCUT2D eigenvalue weighted by molar-refractivity contribution is 5.94. The quantitative estimate of drug-likeness (QED) is 0.259. The molecule has 43 heavy (non-hydrogen) atoms. The molecule has 0 bridgehead atoms. The lowest BCUT2D eigenvalue weighted by Gasteiger charge is -2.22. The first-order valence-electron chi connectivity index (χ1n) is 14.4. The van der Waals surface area contributed by atoms with E-state index < -0.39 is 48.7 Å². The number of hydrogen-bond acceptors (Lipinski definition) is 8. The number of alkyl halides is 2. The SMILES string of the molecule is CNCCOCCOCCC(=O)NCc1cccc2c1CN(C(=O)C[C@@H]1C[C@@H](C(=O)N3CC(F)(F)C[C@H]3C#N)NC1=O)C2. The van der Waals surface area contributed by atoms with Gasteiger partial charge < -0.3 is 35.2 Å². The second kappa shape index (κ2) is 14.7. The second-order valence-electron chi connectivity index (χ2n) is 11.0. The fourth-order valence-corrected chi connectivity index (χ4v) is 5.56. The monoisotopic (exact) mass is 604 g/mol. The Morgan fingerprint density at radius 1 is 1.16 bits per heavy atom. The molecular weight excluding hydrogens is 566 g/mol. The molecule has 0 spiro atoms. The first kappa shape index (κ1) is 32.2. The van der Waals surface area contributed by atoms with E-state index in [0.29, 0.717) is 39.5 Å². The predicted octanol–water partition coefficient (Wildman–Crippen LogP) is 0.442. The minimum atomic E-state index is -3.16. The lowest BCUT2D eigenvalue weighted by atomic mass is 9.99. The Bertz CT molecular complexity index is 1240.